The third-order valence-corrected chi connectivity index (χ3v) is 3.94. The van der Waals surface area contributed by atoms with Gasteiger partial charge in [-0.2, -0.15) is 0 Å². The van der Waals surface area contributed by atoms with E-state index in [4.69, 9.17) is 4.74 Å². The second-order valence-electron chi connectivity index (χ2n) is 6.55. The van der Waals surface area contributed by atoms with Crippen LogP contribution in [0, 0.1) is 6.92 Å². The Morgan fingerprint density at radius 2 is 1.74 bits per heavy atom. The second kappa shape index (κ2) is 6.86. The molecule has 1 aromatic rings. The Morgan fingerprint density at radius 3 is 2.30 bits per heavy atom. The van der Waals surface area contributed by atoms with Crippen molar-refractivity contribution in [3.8, 4) is 0 Å². The third kappa shape index (κ3) is 4.67. The van der Waals surface area contributed by atoms with Crippen molar-refractivity contribution in [1.82, 2.24) is 14.8 Å². The summed E-state index contributed by atoms with van der Waals surface area (Å²) in [5.41, 5.74) is 0.779. The van der Waals surface area contributed by atoms with Crippen LogP contribution in [-0.4, -0.2) is 58.6 Å². The van der Waals surface area contributed by atoms with Gasteiger partial charge in [-0.05, 0) is 49.7 Å². The van der Waals surface area contributed by atoms with Crippen LogP contribution in [0.5, 0.6) is 0 Å². The standard InChI is InChI=1S/C16H22BrN3O3/c1-11-13(9-12(17)10-18-11)14(21)19-5-7-20(8-6-19)15(22)23-16(2,3)4/h9-10H,5-8H2,1-4H3. The molecule has 2 heterocycles. The molecule has 0 atom stereocenters. The smallest absolute Gasteiger partial charge is 0.410 e. The predicted octanol–water partition coefficient (Wildman–Crippen LogP) is 2.85. The Labute approximate surface area is 144 Å². The Balaban J connectivity index is 1.97. The van der Waals surface area contributed by atoms with Gasteiger partial charge in [0.05, 0.1) is 11.3 Å². The maximum absolute atomic E-state index is 12.6. The van der Waals surface area contributed by atoms with Gasteiger partial charge < -0.3 is 14.5 Å². The molecule has 0 bridgehead atoms. The van der Waals surface area contributed by atoms with Crippen molar-refractivity contribution in [2.24, 2.45) is 0 Å². The summed E-state index contributed by atoms with van der Waals surface area (Å²) in [6.07, 6.45) is 1.34. The van der Waals surface area contributed by atoms with E-state index in [1.54, 1.807) is 22.1 Å². The summed E-state index contributed by atoms with van der Waals surface area (Å²) in [4.78, 5) is 32.2. The summed E-state index contributed by atoms with van der Waals surface area (Å²) < 4.78 is 6.14. The van der Waals surface area contributed by atoms with E-state index in [1.165, 1.54) is 0 Å². The minimum absolute atomic E-state index is 0.0554. The van der Waals surface area contributed by atoms with E-state index >= 15 is 0 Å². The van der Waals surface area contributed by atoms with Crippen LogP contribution in [0.2, 0.25) is 0 Å². The van der Waals surface area contributed by atoms with Crippen LogP contribution in [-0.2, 0) is 4.74 Å². The highest BCUT2D eigenvalue weighted by molar-refractivity contribution is 9.10. The molecule has 1 fully saturated rings. The molecule has 126 valence electrons. The Hall–Kier alpha value is -1.63. The summed E-state index contributed by atoms with van der Waals surface area (Å²) in [6.45, 7) is 9.27. The van der Waals surface area contributed by atoms with Crippen molar-refractivity contribution in [1.29, 1.82) is 0 Å². The highest BCUT2D eigenvalue weighted by Gasteiger charge is 2.28. The summed E-state index contributed by atoms with van der Waals surface area (Å²) in [7, 11) is 0. The highest BCUT2D eigenvalue weighted by atomic mass is 79.9. The fourth-order valence-electron chi connectivity index (χ4n) is 2.31. The average molecular weight is 384 g/mol. The number of ether oxygens (including phenoxy) is 1. The summed E-state index contributed by atoms with van der Waals surface area (Å²) in [6, 6.07) is 1.78. The lowest BCUT2D eigenvalue weighted by Gasteiger charge is -2.35. The molecule has 0 aromatic carbocycles. The molecule has 1 aromatic heterocycles. The summed E-state index contributed by atoms with van der Waals surface area (Å²) in [5, 5.41) is 0. The molecule has 6 nitrogen and oxygen atoms in total. The lowest BCUT2D eigenvalue weighted by molar-refractivity contribution is 0.0140. The Kier molecular flexibility index (Phi) is 5.29. The first kappa shape index (κ1) is 17.7. The monoisotopic (exact) mass is 383 g/mol. The first-order valence-corrected chi connectivity index (χ1v) is 8.36. The SMILES string of the molecule is Cc1ncc(Br)cc1C(=O)N1CCN(C(=O)OC(C)(C)C)CC1. The number of rotatable bonds is 1. The third-order valence-electron chi connectivity index (χ3n) is 3.50. The molecule has 7 heteroatoms. The summed E-state index contributed by atoms with van der Waals surface area (Å²) >= 11 is 3.34. The molecule has 0 N–H and O–H groups in total. The van der Waals surface area contributed by atoms with Crippen molar-refractivity contribution in [2.45, 2.75) is 33.3 Å². The van der Waals surface area contributed by atoms with Gasteiger partial charge in [0.25, 0.3) is 5.91 Å². The number of hydrogen-bond donors (Lipinski definition) is 0. The molecule has 2 amide bonds. The van der Waals surface area contributed by atoms with E-state index in [2.05, 4.69) is 20.9 Å². The van der Waals surface area contributed by atoms with Crippen LogP contribution in [0.3, 0.4) is 0 Å². The lowest BCUT2D eigenvalue weighted by Crippen LogP contribution is -2.51. The van der Waals surface area contributed by atoms with Gasteiger partial charge in [0.2, 0.25) is 0 Å². The van der Waals surface area contributed by atoms with Gasteiger partial charge in [0, 0.05) is 36.8 Å². The maximum Gasteiger partial charge on any atom is 0.410 e. The molecular formula is C16H22BrN3O3. The molecule has 0 saturated carbocycles. The van der Waals surface area contributed by atoms with Crippen LogP contribution >= 0.6 is 15.9 Å². The maximum atomic E-state index is 12.6. The number of carbonyl (C=O) groups is 2. The molecule has 1 saturated heterocycles. The number of hydrogen-bond acceptors (Lipinski definition) is 4. The molecule has 0 unspecified atom stereocenters. The minimum Gasteiger partial charge on any atom is -0.444 e. The van der Waals surface area contributed by atoms with E-state index in [9.17, 15) is 9.59 Å². The van der Waals surface area contributed by atoms with Gasteiger partial charge in [-0.3, -0.25) is 9.78 Å². The normalized spacial score (nSPS) is 15.5. The molecule has 2 rings (SSSR count). The zero-order valence-electron chi connectivity index (χ0n) is 13.9. The Bertz CT molecular complexity index is 605. The minimum atomic E-state index is -0.511. The number of aromatic nitrogens is 1. The van der Waals surface area contributed by atoms with E-state index in [0.29, 0.717) is 37.4 Å². The van der Waals surface area contributed by atoms with E-state index in [0.717, 1.165) is 4.47 Å². The van der Waals surface area contributed by atoms with Crippen LogP contribution in [0.25, 0.3) is 0 Å². The van der Waals surface area contributed by atoms with Gasteiger partial charge in [0.1, 0.15) is 5.60 Å². The second-order valence-corrected chi connectivity index (χ2v) is 7.46. The largest absolute Gasteiger partial charge is 0.444 e. The zero-order valence-corrected chi connectivity index (χ0v) is 15.5. The molecule has 1 aliphatic rings. The highest BCUT2D eigenvalue weighted by Crippen LogP contribution is 2.17. The van der Waals surface area contributed by atoms with Crippen LogP contribution < -0.4 is 0 Å². The van der Waals surface area contributed by atoms with Gasteiger partial charge in [-0.25, -0.2) is 4.79 Å². The number of halogens is 1. The van der Waals surface area contributed by atoms with Crippen molar-refractivity contribution in [2.75, 3.05) is 26.2 Å². The van der Waals surface area contributed by atoms with Gasteiger partial charge in [0.15, 0.2) is 0 Å². The number of piperazine rings is 1. The molecule has 0 aliphatic carbocycles. The predicted molar refractivity (Wildman–Crippen MR) is 90.4 cm³/mol. The molecule has 0 spiro atoms. The first-order valence-electron chi connectivity index (χ1n) is 7.57. The van der Waals surface area contributed by atoms with Crippen molar-refractivity contribution < 1.29 is 14.3 Å². The average Bonchev–Trinajstić information content (AvgIpc) is 2.47. The number of aryl methyl sites for hydroxylation is 1. The van der Waals surface area contributed by atoms with Gasteiger partial charge in [-0.15, -0.1) is 0 Å². The first-order chi connectivity index (χ1) is 10.7. The van der Waals surface area contributed by atoms with Crippen LogP contribution in [0.1, 0.15) is 36.8 Å². The van der Waals surface area contributed by atoms with Crippen molar-refractivity contribution in [3.63, 3.8) is 0 Å². The topological polar surface area (TPSA) is 62.7 Å². The number of pyridine rings is 1. The Morgan fingerprint density at radius 1 is 1.17 bits per heavy atom. The molecule has 23 heavy (non-hydrogen) atoms. The fraction of sp³-hybridized carbons (Fsp3) is 0.562. The van der Waals surface area contributed by atoms with E-state index in [-0.39, 0.29) is 12.0 Å². The van der Waals surface area contributed by atoms with Gasteiger partial charge >= 0.3 is 6.09 Å². The lowest BCUT2D eigenvalue weighted by atomic mass is 10.1. The fourth-order valence-corrected chi connectivity index (χ4v) is 2.64. The van der Waals surface area contributed by atoms with E-state index in [1.807, 2.05) is 27.7 Å². The van der Waals surface area contributed by atoms with Gasteiger partial charge in [-0.1, -0.05) is 0 Å². The quantitative estimate of drug-likeness (QED) is 0.747. The van der Waals surface area contributed by atoms with Crippen molar-refractivity contribution in [3.05, 3.63) is 28.0 Å². The number of amides is 2. The van der Waals surface area contributed by atoms with Crippen molar-refractivity contribution >= 4 is 27.9 Å². The zero-order chi connectivity index (χ0) is 17.2. The summed E-state index contributed by atoms with van der Waals surface area (Å²) in [5.74, 6) is -0.0554. The van der Waals surface area contributed by atoms with Crippen LogP contribution in [0.4, 0.5) is 4.79 Å². The number of nitrogens with zero attached hydrogens (tertiary/aromatic N) is 3. The molecule has 1 aliphatic heterocycles. The number of carbonyl (C=O) groups excluding carboxylic acids is 2. The molecular weight excluding hydrogens is 362 g/mol. The molecule has 0 radical (unpaired) electrons. The van der Waals surface area contributed by atoms with E-state index < -0.39 is 5.60 Å². The van der Waals surface area contributed by atoms with Crippen LogP contribution in [0.15, 0.2) is 16.7 Å².